The van der Waals surface area contributed by atoms with E-state index in [-0.39, 0.29) is 5.91 Å². The number of carbonyl (C=O) groups is 1. The Kier molecular flexibility index (Phi) is 7.65. The maximum Gasteiger partial charge on any atom is 0.253 e. The number of hydrogen-bond donors (Lipinski definition) is 3. The van der Waals surface area contributed by atoms with Crippen LogP contribution in [0.25, 0.3) is 10.9 Å². The lowest BCUT2D eigenvalue weighted by Gasteiger charge is -2.15. The molecule has 2 aromatic carbocycles. The summed E-state index contributed by atoms with van der Waals surface area (Å²) in [5, 5.41) is 11.8. The number of halogens is 1. The number of pyridine rings is 1. The summed E-state index contributed by atoms with van der Waals surface area (Å²) in [6.45, 7) is 5.14. The van der Waals surface area contributed by atoms with Gasteiger partial charge in [-0.05, 0) is 74.7 Å². The predicted molar refractivity (Wildman–Crippen MR) is 150 cm³/mol. The van der Waals surface area contributed by atoms with Crippen molar-refractivity contribution in [2.75, 3.05) is 42.1 Å². The molecule has 9 heteroatoms. The highest BCUT2D eigenvalue weighted by atomic mass is 35.5. The van der Waals surface area contributed by atoms with Gasteiger partial charge in [0.25, 0.3) is 5.91 Å². The molecule has 0 radical (unpaired) electrons. The summed E-state index contributed by atoms with van der Waals surface area (Å²) < 4.78 is 0. The predicted octanol–water partition coefficient (Wildman–Crippen LogP) is 5.88. The molecule has 4 aromatic rings. The second-order valence-corrected chi connectivity index (χ2v) is 9.58. The minimum Gasteiger partial charge on any atom is -0.384 e. The number of nitrogens with one attached hydrogen (secondary N) is 3. The Morgan fingerprint density at radius 3 is 2.57 bits per heavy atom. The highest BCUT2D eigenvalue weighted by molar-refractivity contribution is 6.31. The zero-order valence-corrected chi connectivity index (χ0v) is 21.6. The van der Waals surface area contributed by atoms with Crippen molar-refractivity contribution in [2.45, 2.75) is 26.2 Å². The molecule has 3 heterocycles. The highest BCUT2D eigenvalue weighted by Gasteiger charge is 2.19. The maximum atomic E-state index is 12.6. The van der Waals surface area contributed by atoms with Crippen LogP contribution in [0.3, 0.4) is 0 Å². The maximum absolute atomic E-state index is 12.6. The van der Waals surface area contributed by atoms with Crippen LogP contribution in [0.2, 0.25) is 5.02 Å². The molecule has 5 rings (SSSR count). The number of rotatable bonds is 9. The van der Waals surface area contributed by atoms with E-state index in [1.54, 1.807) is 6.20 Å². The van der Waals surface area contributed by atoms with Crippen LogP contribution in [0.5, 0.6) is 0 Å². The quantitative estimate of drug-likeness (QED) is 0.239. The van der Waals surface area contributed by atoms with Crippen LogP contribution in [0, 0.1) is 6.92 Å². The number of aryl methyl sites for hydroxylation is 1. The molecule has 1 amide bonds. The molecule has 0 unspecified atom stereocenters. The van der Waals surface area contributed by atoms with Crippen molar-refractivity contribution in [3.8, 4) is 0 Å². The number of likely N-dealkylation sites (tertiary alicyclic amines) is 1. The molecule has 37 heavy (non-hydrogen) atoms. The number of anilines is 4. The van der Waals surface area contributed by atoms with Crippen LogP contribution in [0.15, 0.2) is 60.8 Å². The van der Waals surface area contributed by atoms with Gasteiger partial charge in [0.15, 0.2) is 0 Å². The number of aromatic nitrogens is 3. The molecule has 190 valence electrons. The van der Waals surface area contributed by atoms with Crippen molar-refractivity contribution in [1.82, 2.24) is 19.9 Å². The number of hydrogen-bond acceptors (Lipinski definition) is 7. The minimum absolute atomic E-state index is 0.101. The number of fused-ring (bicyclic) bond motifs is 1. The van der Waals surface area contributed by atoms with E-state index >= 15 is 0 Å². The first-order valence-corrected chi connectivity index (χ1v) is 13.0. The van der Waals surface area contributed by atoms with Crippen LogP contribution in [0.4, 0.5) is 23.1 Å². The van der Waals surface area contributed by atoms with Gasteiger partial charge in [-0.25, -0.2) is 4.98 Å². The second kappa shape index (κ2) is 11.4. The fourth-order valence-electron chi connectivity index (χ4n) is 4.45. The summed E-state index contributed by atoms with van der Waals surface area (Å²) >= 11 is 6.08. The molecule has 0 bridgehead atoms. The largest absolute Gasteiger partial charge is 0.384 e. The van der Waals surface area contributed by atoms with E-state index in [9.17, 15) is 4.79 Å². The lowest BCUT2D eigenvalue weighted by atomic mass is 10.2. The standard InChI is InChI=1S/C28H30ClN7O/c1-19-17-26(34-22-8-5-20(6-9-22)27(37)36-15-2-3-16-36)35-28(33-19)32-13-4-12-30-24-11-14-31-25-18-21(29)7-10-23(24)25/h5-11,14,17-18H,2-4,12-13,15-16H2,1H3,(H,30,31)(H2,32,33,34,35). The van der Waals surface area contributed by atoms with Crippen molar-refractivity contribution >= 4 is 51.6 Å². The van der Waals surface area contributed by atoms with Crippen LogP contribution < -0.4 is 16.0 Å². The Labute approximate surface area is 221 Å². The lowest BCUT2D eigenvalue weighted by molar-refractivity contribution is 0.0793. The SMILES string of the molecule is Cc1cc(Nc2ccc(C(=O)N3CCCC3)cc2)nc(NCCCNc2ccnc3cc(Cl)ccc23)n1. The molecule has 2 aromatic heterocycles. The van der Waals surface area contributed by atoms with Crippen LogP contribution in [-0.4, -0.2) is 51.9 Å². The number of nitrogens with zero attached hydrogens (tertiary/aromatic N) is 4. The van der Waals surface area contributed by atoms with Gasteiger partial charge in [-0.2, -0.15) is 4.98 Å². The zero-order valence-electron chi connectivity index (χ0n) is 20.8. The first-order chi connectivity index (χ1) is 18.0. The van der Waals surface area contributed by atoms with Crippen molar-refractivity contribution in [3.05, 3.63) is 77.1 Å². The van der Waals surface area contributed by atoms with Gasteiger partial charge in [0.05, 0.1) is 5.52 Å². The molecular formula is C28H30ClN7O. The van der Waals surface area contributed by atoms with Gasteiger partial charge >= 0.3 is 0 Å². The number of amides is 1. The van der Waals surface area contributed by atoms with Gasteiger partial charge in [-0.1, -0.05) is 11.6 Å². The van der Waals surface area contributed by atoms with Crippen molar-refractivity contribution in [2.24, 2.45) is 0 Å². The molecule has 1 fully saturated rings. The molecule has 1 saturated heterocycles. The molecule has 8 nitrogen and oxygen atoms in total. The Morgan fingerprint density at radius 1 is 0.973 bits per heavy atom. The Morgan fingerprint density at radius 2 is 1.76 bits per heavy atom. The van der Waals surface area contributed by atoms with Gasteiger partial charge < -0.3 is 20.9 Å². The monoisotopic (exact) mass is 515 g/mol. The fourth-order valence-corrected chi connectivity index (χ4v) is 4.61. The van der Waals surface area contributed by atoms with Crippen molar-refractivity contribution in [1.29, 1.82) is 0 Å². The van der Waals surface area contributed by atoms with Crippen molar-refractivity contribution < 1.29 is 4.79 Å². The third-order valence-corrected chi connectivity index (χ3v) is 6.54. The molecule has 0 aliphatic carbocycles. The van der Waals surface area contributed by atoms with E-state index in [1.807, 2.05) is 66.4 Å². The summed E-state index contributed by atoms with van der Waals surface area (Å²) in [7, 11) is 0. The Hall–Kier alpha value is -3.91. The lowest BCUT2D eigenvalue weighted by Crippen LogP contribution is -2.27. The third kappa shape index (κ3) is 6.27. The molecule has 1 aliphatic heterocycles. The average Bonchev–Trinajstić information content (AvgIpc) is 3.43. The molecule has 3 N–H and O–H groups in total. The number of benzene rings is 2. The molecular weight excluding hydrogens is 486 g/mol. The van der Waals surface area contributed by atoms with Crippen LogP contribution in [-0.2, 0) is 0 Å². The topological polar surface area (TPSA) is 95.1 Å². The number of carbonyl (C=O) groups excluding carboxylic acids is 1. The summed E-state index contributed by atoms with van der Waals surface area (Å²) in [4.78, 5) is 28.0. The average molecular weight is 516 g/mol. The fraction of sp³-hybridized carbons (Fsp3) is 0.286. The van der Waals surface area contributed by atoms with Gasteiger partial charge in [0.2, 0.25) is 5.95 Å². The molecule has 1 aliphatic rings. The van der Waals surface area contributed by atoms with E-state index in [0.717, 1.165) is 73.4 Å². The highest BCUT2D eigenvalue weighted by Crippen LogP contribution is 2.24. The van der Waals surface area contributed by atoms with E-state index in [4.69, 9.17) is 11.6 Å². The smallest absolute Gasteiger partial charge is 0.253 e. The summed E-state index contributed by atoms with van der Waals surface area (Å²) in [5.74, 6) is 1.38. The summed E-state index contributed by atoms with van der Waals surface area (Å²) in [5.41, 5.74) is 4.36. The first-order valence-electron chi connectivity index (χ1n) is 12.6. The zero-order chi connectivity index (χ0) is 25.6. The normalized spacial score (nSPS) is 13.1. The Balaban J connectivity index is 1.13. The molecule has 0 atom stereocenters. The van der Waals surface area contributed by atoms with Gasteiger partial charge in [0.1, 0.15) is 5.82 Å². The van der Waals surface area contributed by atoms with Gasteiger partial charge in [-0.3, -0.25) is 9.78 Å². The Bertz CT molecular complexity index is 1390. The third-order valence-electron chi connectivity index (χ3n) is 6.31. The van der Waals surface area contributed by atoms with E-state index in [0.29, 0.717) is 22.4 Å². The van der Waals surface area contributed by atoms with E-state index < -0.39 is 0 Å². The summed E-state index contributed by atoms with van der Waals surface area (Å²) in [6, 6.07) is 17.2. The van der Waals surface area contributed by atoms with Crippen molar-refractivity contribution in [3.63, 3.8) is 0 Å². The minimum atomic E-state index is 0.101. The van der Waals surface area contributed by atoms with E-state index in [2.05, 4.69) is 30.9 Å². The van der Waals surface area contributed by atoms with Crippen LogP contribution in [0.1, 0.15) is 35.3 Å². The van der Waals surface area contributed by atoms with Gasteiger partial charge in [0, 0.05) is 71.5 Å². The summed E-state index contributed by atoms with van der Waals surface area (Å²) in [6.07, 6.45) is 4.84. The first kappa shape index (κ1) is 24.8. The van der Waals surface area contributed by atoms with Gasteiger partial charge in [-0.15, -0.1) is 0 Å². The second-order valence-electron chi connectivity index (χ2n) is 9.15. The van der Waals surface area contributed by atoms with Crippen LogP contribution >= 0.6 is 11.6 Å². The van der Waals surface area contributed by atoms with E-state index in [1.165, 1.54) is 0 Å². The molecule has 0 saturated carbocycles. The molecule has 0 spiro atoms.